The van der Waals surface area contributed by atoms with E-state index < -0.39 is 11.9 Å². The Labute approximate surface area is 121 Å². The topological polar surface area (TPSA) is 90.1 Å². The molecule has 0 spiro atoms. The minimum atomic E-state index is -0.853. The van der Waals surface area contributed by atoms with E-state index in [1.54, 1.807) is 0 Å². The molecule has 2 aromatic rings. The summed E-state index contributed by atoms with van der Waals surface area (Å²) in [6, 6.07) is 9.44. The molecule has 0 saturated carbocycles. The van der Waals surface area contributed by atoms with Crippen molar-refractivity contribution in [2.45, 2.75) is 12.5 Å². The van der Waals surface area contributed by atoms with Crippen LogP contribution in [0, 0.1) is 11.3 Å². The maximum Gasteiger partial charge on any atom is 0.312 e. The zero-order valence-electron chi connectivity index (χ0n) is 11.1. The first-order valence-corrected chi connectivity index (χ1v) is 6.46. The van der Waals surface area contributed by atoms with E-state index in [-0.39, 0.29) is 5.69 Å². The summed E-state index contributed by atoms with van der Waals surface area (Å²) in [6.45, 7) is 0.924. The largest absolute Gasteiger partial charge is 0.481 e. The highest BCUT2D eigenvalue weighted by atomic mass is 16.4. The van der Waals surface area contributed by atoms with Gasteiger partial charge in [-0.05, 0) is 11.1 Å². The molecule has 21 heavy (non-hydrogen) atoms. The number of benzene rings is 1. The van der Waals surface area contributed by atoms with Crippen LogP contribution in [0.1, 0.15) is 22.7 Å². The van der Waals surface area contributed by atoms with Gasteiger partial charge in [0.2, 0.25) is 0 Å². The number of anilines is 1. The molecule has 0 fully saturated rings. The molecule has 104 valence electrons. The van der Waals surface area contributed by atoms with Crippen molar-refractivity contribution in [3.63, 3.8) is 0 Å². The van der Waals surface area contributed by atoms with Crippen LogP contribution in [-0.4, -0.2) is 27.6 Å². The van der Waals surface area contributed by atoms with Gasteiger partial charge in [0.15, 0.2) is 5.69 Å². The lowest BCUT2D eigenvalue weighted by Crippen LogP contribution is -2.37. The van der Waals surface area contributed by atoms with Crippen LogP contribution in [0.3, 0.4) is 0 Å². The number of carboxylic acids is 1. The number of aromatic nitrogens is 2. The maximum atomic E-state index is 11.5. The minimum absolute atomic E-state index is 0.242. The summed E-state index contributed by atoms with van der Waals surface area (Å²) < 4.78 is 0. The van der Waals surface area contributed by atoms with Crippen molar-refractivity contribution in [1.82, 2.24) is 9.97 Å². The molecule has 6 heteroatoms. The molecule has 0 aliphatic carbocycles. The second kappa shape index (κ2) is 5.21. The van der Waals surface area contributed by atoms with Crippen LogP contribution in [0.2, 0.25) is 0 Å². The molecule has 1 atom stereocenters. The smallest absolute Gasteiger partial charge is 0.312 e. The molecule has 3 rings (SSSR count). The highest BCUT2D eigenvalue weighted by Crippen LogP contribution is 2.30. The number of aliphatic carboxylic acids is 1. The molecule has 1 N–H and O–H groups in total. The van der Waals surface area contributed by atoms with Crippen molar-refractivity contribution in [1.29, 1.82) is 5.26 Å². The first-order chi connectivity index (χ1) is 10.2. The van der Waals surface area contributed by atoms with Crippen molar-refractivity contribution >= 4 is 11.8 Å². The molecule has 1 unspecified atom stereocenters. The first kappa shape index (κ1) is 13.1. The molecule has 1 aromatic heterocycles. The Morgan fingerprint density at radius 2 is 2.14 bits per heavy atom. The average molecular weight is 280 g/mol. The molecule has 0 radical (unpaired) electrons. The predicted molar refractivity (Wildman–Crippen MR) is 74.6 cm³/mol. The Morgan fingerprint density at radius 1 is 1.33 bits per heavy atom. The van der Waals surface area contributed by atoms with E-state index in [2.05, 4.69) is 9.97 Å². The molecular weight excluding hydrogens is 268 g/mol. The van der Waals surface area contributed by atoms with E-state index in [0.29, 0.717) is 18.9 Å². The van der Waals surface area contributed by atoms with Crippen LogP contribution in [-0.2, 0) is 11.3 Å². The standard InChI is InChI=1S/C15H12N4O2/c16-5-11-6-18-14(7-17-11)19-8-10-3-1-2-4-12(10)13(9-19)15(20)21/h1-4,6-7,13H,8-9H2,(H,20,21). The van der Waals surface area contributed by atoms with Gasteiger partial charge in [-0.3, -0.25) is 4.79 Å². The zero-order chi connectivity index (χ0) is 14.8. The second-order valence-electron chi connectivity index (χ2n) is 4.84. The summed E-state index contributed by atoms with van der Waals surface area (Å²) >= 11 is 0. The summed E-state index contributed by atoms with van der Waals surface area (Å²) in [4.78, 5) is 21.5. The molecule has 1 aliphatic heterocycles. The number of nitriles is 1. The lowest BCUT2D eigenvalue weighted by molar-refractivity contribution is -0.138. The van der Waals surface area contributed by atoms with E-state index >= 15 is 0 Å². The minimum Gasteiger partial charge on any atom is -0.481 e. The van der Waals surface area contributed by atoms with E-state index in [1.807, 2.05) is 35.2 Å². The lowest BCUT2D eigenvalue weighted by Gasteiger charge is -2.33. The van der Waals surface area contributed by atoms with Crippen LogP contribution in [0.4, 0.5) is 5.82 Å². The van der Waals surface area contributed by atoms with E-state index in [0.717, 1.165) is 11.1 Å². The maximum absolute atomic E-state index is 11.5. The Hall–Kier alpha value is -2.94. The highest BCUT2D eigenvalue weighted by molar-refractivity contribution is 5.78. The van der Waals surface area contributed by atoms with E-state index in [1.165, 1.54) is 12.4 Å². The predicted octanol–water partition coefficient (Wildman–Crippen LogP) is 1.54. The number of fused-ring (bicyclic) bond motifs is 1. The number of hydrogen-bond donors (Lipinski definition) is 1. The van der Waals surface area contributed by atoms with Crippen molar-refractivity contribution in [2.24, 2.45) is 0 Å². The normalized spacial score (nSPS) is 16.9. The second-order valence-corrected chi connectivity index (χ2v) is 4.84. The fourth-order valence-electron chi connectivity index (χ4n) is 2.53. The Balaban J connectivity index is 1.96. The lowest BCUT2D eigenvalue weighted by atomic mass is 9.90. The molecule has 1 aromatic carbocycles. The molecular formula is C15H12N4O2. The van der Waals surface area contributed by atoms with Crippen molar-refractivity contribution in [2.75, 3.05) is 11.4 Å². The van der Waals surface area contributed by atoms with Crippen molar-refractivity contribution < 1.29 is 9.90 Å². The van der Waals surface area contributed by atoms with Crippen LogP contribution in [0.15, 0.2) is 36.7 Å². The molecule has 0 amide bonds. The van der Waals surface area contributed by atoms with Crippen LogP contribution in [0.5, 0.6) is 0 Å². The van der Waals surface area contributed by atoms with Gasteiger partial charge in [0.05, 0.1) is 18.3 Å². The average Bonchev–Trinajstić information content (AvgIpc) is 2.53. The quantitative estimate of drug-likeness (QED) is 0.897. The number of carbonyl (C=O) groups is 1. The summed E-state index contributed by atoms with van der Waals surface area (Å²) in [5.41, 5.74) is 2.07. The Kier molecular flexibility index (Phi) is 3.24. The van der Waals surface area contributed by atoms with Crippen molar-refractivity contribution in [3.05, 3.63) is 53.5 Å². The summed E-state index contributed by atoms with van der Waals surface area (Å²) in [5, 5.41) is 18.2. The highest BCUT2D eigenvalue weighted by Gasteiger charge is 2.30. The van der Waals surface area contributed by atoms with Gasteiger partial charge in [-0.1, -0.05) is 24.3 Å². The number of nitrogens with zero attached hydrogens (tertiary/aromatic N) is 4. The van der Waals surface area contributed by atoms with Gasteiger partial charge < -0.3 is 10.0 Å². The Bertz CT molecular complexity index is 721. The zero-order valence-corrected chi connectivity index (χ0v) is 11.1. The van der Waals surface area contributed by atoms with Gasteiger partial charge in [0.1, 0.15) is 11.9 Å². The number of hydrogen-bond acceptors (Lipinski definition) is 5. The molecule has 0 bridgehead atoms. The molecule has 1 aliphatic rings. The monoisotopic (exact) mass is 280 g/mol. The Morgan fingerprint density at radius 3 is 2.81 bits per heavy atom. The van der Waals surface area contributed by atoms with Gasteiger partial charge in [-0.25, -0.2) is 9.97 Å². The van der Waals surface area contributed by atoms with E-state index in [4.69, 9.17) is 5.26 Å². The van der Waals surface area contributed by atoms with Gasteiger partial charge in [-0.15, -0.1) is 0 Å². The molecule has 6 nitrogen and oxygen atoms in total. The SMILES string of the molecule is N#Cc1cnc(N2Cc3ccccc3C(C(=O)O)C2)cn1. The molecule has 0 saturated heterocycles. The fourth-order valence-corrected chi connectivity index (χ4v) is 2.53. The fraction of sp³-hybridized carbons (Fsp3) is 0.200. The molecule has 2 heterocycles. The van der Waals surface area contributed by atoms with Gasteiger partial charge in [0.25, 0.3) is 0 Å². The third-order valence-corrected chi connectivity index (χ3v) is 3.57. The first-order valence-electron chi connectivity index (χ1n) is 6.46. The summed E-state index contributed by atoms with van der Waals surface area (Å²) in [6.07, 6.45) is 2.90. The summed E-state index contributed by atoms with van der Waals surface area (Å²) in [5.74, 6) is -0.865. The van der Waals surface area contributed by atoms with Gasteiger partial charge in [0, 0.05) is 13.1 Å². The van der Waals surface area contributed by atoms with Crippen LogP contribution in [0.25, 0.3) is 0 Å². The van der Waals surface area contributed by atoms with Gasteiger partial charge in [-0.2, -0.15) is 5.26 Å². The number of rotatable bonds is 2. The van der Waals surface area contributed by atoms with Crippen LogP contribution < -0.4 is 4.90 Å². The van der Waals surface area contributed by atoms with Gasteiger partial charge >= 0.3 is 5.97 Å². The third-order valence-electron chi connectivity index (χ3n) is 3.57. The number of carboxylic acid groups (broad SMARTS) is 1. The summed E-state index contributed by atoms with van der Waals surface area (Å²) in [7, 11) is 0. The third kappa shape index (κ3) is 2.41. The van der Waals surface area contributed by atoms with Crippen LogP contribution >= 0.6 is 0 Å². The van der Waals surface area contributed by atoms with Crippen molar-refractivity contribution in [3.8, 4) is 6.07 Å². The van der Waals surface area contributed by atoms with E-state index in [9.17, 15) is 9.90 Å².